The molecule has 132 valence electrons. The maximum Gasteiger partial charge on any atom is 0.273 e. The van der Waals surface area contributed by atoms with Crippen LogP contribution in [0.15, 0.2) is 67.0 Å². The number of aryl methyl sites for hydroxylation is 1. The Morgan fingerprint density at radius 3 is 2.31 bits per heavy atom. The predicted octanol–water partition coefficient (Wildman–Crippen LogP) is 4.18. The van der Waals surface area contributed by atoms with Gasteiger partial charge >= 0.3 is 0 Å². The number of carbonyl (C=O) groups excluding carboxylic acids is 1. The molecule has 0 bridgehead atoms. The largest absolute Gasteiger partial charge is 0.326 e. The molecule has 3 rings (SSSR count). The maximum atomic E-state index is 13.4. The van der Waals surface area contributed by atoms with E-state index in [9.17, 15) is 9.18 Å². The van der Waals surface area contributed by atoms with Gasteiger partial charge in [0.1, 0.15) is 11.5 Å². The predicted molar refractivity (Wildman–Crippen MR) is 98.2 cm³/mol. The lowest BCUT2D eigenvalue weighted by Crippen LogP contribution is -2.36. The van der Waals surface area contributed by atoms with Crippen molar-refractivity contribution in [3.05, 3.63) is 95.3 Å². The highest BCUT2D eigenvalue weighted by atomic mass is 19.1. The van der Waals surface area contributed by atoms with Gasteiger partial charge in [0.05, 0.1) is 6.04 Å². The zero-order valence-electron chi connectivity index (χ0n) is 14.8. The van der Waals surface area contributed by atoms with Gasteiger partial charge in [-0.3, -0.25) is 9.78 Å². The molecule has 2 heterocycles. The third kappa shape index (κ3) is 3.77. The molecule has 4 nitrogen and oxygen atoms in total. The number of nitrogens with zero attached hydrogens (tertiary/aromatic N) is 3. The average molecular weight is 349 g/mol. The van der Waals surface area contributed by atoms with Crippen molar-refractivity contribution in [2.24, 2.45) is 0 Å². The monoisotopic (exact) mass is 349 g/mol. The second-order valence-corrected chi connectivity index (χ2v) is 5.99. The third-order valence-electron chi connectivity index (χ3n) is 4.23. The van der Waals surface area contributed by atoms with Gasteiger partial charge in [0.25, 0.3) is 5.91 Å². The van der Waals surface area contributed by atoms with Gasteiger partial charge in [-0.1, -0.05) is 18.2 Å². The molecule has 5 heteroatoms. The van der Waals surface area contributed by atoms with Crippen molar-refractivity contribution in [1.82, 2.24) is 14.9 Å². The summed E-state index contributed by atoms with van der Waals surface area (Å²) in [5.41, 5.74) is 2.93. The Labute approximate surface area is 152 Å². The molecule has 2 aromatic heterocycles. The number of benzene rings is 1. The van der Waals surface area contributed by atoms with E-state index >= 15 is 0 Å². The number of hydrogen-bond donors (Lipinski definition) is 0. The van der Waals surface area contributed by atoms with E-state index < -0.39 is 0 Å². The second-order valence-electron chi connectivity index (χ2n) is 5.99. The van der Waals surface area contributed by atoms with E-state index in [-0.39, 0.29) is 17.8 Å². The van der Waals surface area contributed by atoms with Gasteiger partial charge in [-0.15, -0.1) is 0 Å². The van der Waals surface area contributed by atoms with Gasteiger partial charge < -0.3 is 4.90 Å². The molecule has 0 radical (unpaired) electrons. The van der Waals surface area contributed by atoms with Gasteiger partial charge in [0.2, 0.25) is 0 Å². The molecule has 0 aliphatic heterocycles. The number of carbonyl (C=O) groups is 1. The normalized spacial score (nSPS) is 11.8. The summed E-state index contributed by atoms with van der Waals surface area (Å²) >= 11 is 0. The molecule has 0 N–H and O–H groups in total. The topological polar surface area (TPSA) is 46.1 Å². The Morgan fingerprint density at radius 1 is 1.04 bits per heavy atom. The molecule has 0 saturated carbocycles. The zero-order chi connectivity index (χ0) is 18.5. The van der Waals surface area contributed by atoms with Crippen LogP contribution in [-0.4, -0.2) is 27.3 Å². The van der Waals surface area contributed by atoms with Gasteiger partial charge in [-0.2, -0.15) is 0 Å². The molecule has 1 unspecified atom stereocenters. The van der Waals surface area contributed by atoms with Crippen LogP contribution in [0.4, 0.5) is 4.39 Å². The van der Waals surface area contributed by atoms with Gasteiger partial charge in [-0.05, 0) is 61.4 Å². The van der Waals surface area contributed by atoms with Crippen LogP contribution in [0.5, 0.6) is 0 Å². The number of aromatic nitrogens is 2. The van der Waals surface area contributed by atoms with E-state index in [0.29, 0.717) is 12.2 Å². The molecule has 1 amide bonds. The summed E-state index contributed by atoms with van der Waals surface area (Å²) in [4.78, 5) is 23.3. The van der Waals surface area contributed by atoms with Crippen LogP contribution in [0.25, 0.3) is 0 Å². The SMILES string of the molecule is CCN(C(=O)c1cccc(C)n1)C(c1ccncc1)c1ccc(F)cc1. The highest BCUT2D eigenvalue weighted by molar-refractivity contribution is 5.93. The quantitative estimate of drug-likeness (QED) is 0.694. The summed E-state index contributed by atoms with van der Waals surface area (Å²) < 4.78 is 13.4. The van der Waals surface area contributed by atoms with E-state index in [0.717, 1.165) is 16.8 Å². The number of rotatable bonds is 5. The fraction of sp³-hybridized carbons (Fsp3) is 0.190. The number of hydrogen-bond acceptors (Lipinski definition) is 3. The van der Waals surface area contributed by atoms with Crippen molar-refractivity contribution in [1.29, 1.82) is 0 Å². The highest BCUT2D eigenvalue weighted by Crippen LogP contribution is 2.29. The molecule has 0 saturated heterocycles. The molecular weight excluding hydrogens is 329 g/mol. The number of amides is 1. The Bertz CT molecular complexity index is 881. The van der Waals surface area contributed by atoms with Gasteiger partial charge in [0, 0.05) is 24.6 Å². The summed E-state index contributed by atoms with van der Waals surface area (Å²) in [7, 11) is 0. The zero-order valence-corrected chi connectivity index (χ0v) is 14.8. The van der Waals surface area contributed by atoms with Crippen LogP contribution in [-0.2, 0) is 0 Å². The fourth-order valence-corrected chi connectivity index (χ4v) is 3.00. The van der Waals surface area contributed by atoms with Crippen LogP contribution < -0.4 is 0 Å². The summed E-state index contributed by atoms with van der Waals surface area (Å²) in [6, 6.07) is 15.0. The van der Waals surface area contributed by atoms with E-state index in [1.54, 1.807) is 35.5 Å². The summed E-state index contributed by atoms with van der Waals surface area (Å²) in [6.45, 7) is 4.26. The fourth-order valence-electron chi connectivity index (χ4n) is 3.00. The molecule has 26 heavy (non-hydrogen) atoms. The Hall–Kier alpha value is -3.08. The van der Waals surface area contributed by atoms with Crippen molar-refractivity contribution >= 4 is 5.91 Å². The number of halogens is 1. The van der Waals surface area contributed by atoms with E-state index in [4.69, 9.17) is 0 Å². The van der Waals surface area contributed by atoms with Crippen molar-refractivity contribution in [3.8, 4) is 0 Å². The van der Waals surface area contributed by atoms with Crippen LogP contribution in [0.3, 0.4) is 0 Å². The lowest BCUT2D eigenvalue weighted by molar-refractivity contribution is 0.0711. The Balaban J connectivity index is 2.06. The first kappa shape index (κ1) is 17.7. The van der Waals surface area contributed by atoms with Crippen molar-refractivity contribution < 1.29 is 9.18 Å². The van der Waals surface area contributed by atoms with Crippen molar-refractivity contribution in [3.63, 3.8) is 0 Å². The first-order valence-corrected chi connectivity index (χ1v) is 8.50. The molecule has 0 spiro atoms. The number of pyridine rings is 2. The average Bonchev–Trinajstić information content (AvgIpc) is 2.67. The molecule has 0 aliphatic rings. The van der Waals surface area contributed by atoms with Crippen LogP contribution in [0.2, 0.25) is 0 Å². The highest BCUT2D eigenvalue weighted by Gasteiger charge is 2.27. The molecule has 1 aromatic carbocycles. The molecule has 0 aliphatic carbocycles. The Morgan fingerprint density at radius 2 is 1.69 bits per heavy atom. The standard InChI is InChI=1S/C21H20FN3O/c1-3-25(21(26)19-6-4-5-15(2)24-19)20(17-11-13-23-14-12-17)16-7-9-18(22)10-8-16/h4-14,20H,3H2,1-2H3. The van der Waals surface area contributed by atoms with Crippen molar-refractivity contribution in [2.45, 2.75) is 19.9 Å². The van der Waals surface area contributed by atoms with E-state index in [1.807, 2.05) is 38.1 Å². The lowest BCUT2D eigenvalue weighted by Gasteiger charge is -2.31. The summed E-state index contributed by atoms with van der Waals surface area (Å²) in [6.07, 6.45) is 3.38. The molecule has 1 atom stereocenters. The Kier molecular flexibility index (Phi) is 5.37. The van der Waals surface area contributed by atoms with Gasteiger partial charge in [0.15, 0.2) is 0 Å². The first-order valence-electron chi connectivity index (χ1n) is 8.50. The minimum absolute atomic E-state index is 0.165. The van der Waals surface area contributed by atoms with Crippen LogP contribution in [0, 0.1) is 12.7 Å². The summed E-state index contributed by atoms with van der Waals surface area (Å²) in [5, 5.41) is 0. The first-order chi connectivity index (χ1) is 12.6. The van der Waals surface area contributed by atoms with Crippen molar-refractivity contribution in [2.75, 3.05) is 6.54 Å². The van der Waals surface area contributed by atoms with Gasteiger partial charge in [-0.25, -0.2) is 9.37 Å². The third-order valence-corrected chi connectivity index (χ3v) is 4.23. The molecule has 3 aromatic rings. The summed E-state index contributed by atoms with van der Waals surface area (Å²) in [5.74, 6) is -0.473. The minimum atomic E-state index is -0.349. The molecular formula is C21H20FN3O. The van der Waals surface area contributed by atoms with Crippen LogP contribution >= 0.6 is 0 Å². The maximum absolute atomic E-state index is 13.4. The van der Waals surface area contributed by atoms with Crippen LogP contribution in [0.1, 0.15) is 40.3 Å². The molecule has 0 fully saturated rings. The van der Waals surface area contributed by atoms with E-state index in [2.05, 4.69) is 9.97 Å². The lowest BCUT2D eigenvalue weighted by atomic mass is 9.97. The minimum Gasteiger partial charge on any atom is -0.326 e. The van der Waals surface area contributed by atoms with E-state index in [1.165, 1.54) is 12.1 Å². The smallest absolute Gasteiger partial charge is 0.273 e. The second kappa shape index (κ2) is 7.87.